The molecule has 8 nitrogen and oxygen atoms in total. The topological polar surface area (TPSA) is 98.2 Å². The fraction of sp³-hybridized carbons (Fsp3) is 0.240. The van der Waals surface area contributed by atoms with Crippen LogP contribution in [0.5, 0.6) is 23.1 Å². The Bertz CT molecular complexity index is 1210. The van der Waals surface area contributed by atoms with Crippen LogP contribution in [0, 0.1) is 0 Å². The summed E-state index contributed by atoms with van der Waals surface area (Å²) in [4.78, 5) is 28.8. The molecule has 0 radical (unpaired) electrons. The number of ether oxygens (including phenoxy) is 3. The van der Waals surface area contributed by atoms with E-state index in [-0.39, 0.29) is 23.3 Å². The van der Waals surface area contributed by atoms with E-state index in [2.05, 4.69) is 4.98 Å². The van der Waals surface area contributed by atoms with E-state index in [1.807, 2.05) is 0 Å². The molecule has 1 aromatic heterocycles. The Kier molecular flexibility index (Phi) is 7.28. The van der Waals surface area contributed by atoms with Crippen molar-refractivity contribution in [2.24, 2.45) is 0 Å². The molecule has 36 heavy (non-hydrogen) atoms. The van der Waals surface area contributed by atoms with Crippen molar-refractivity contribution in [1.82, 2.24) is 9.88 Å². The number of carbonyl (C=O) groups is 2. The summed E-state index contributed by atoms with van der Waals surface area (Å²) < 4.78 is 54.6. The van der Waals surface area contributed by atoms with Crippen molar-refractivity contribution in [1.29, 1.82) is 0 Å². The minimum atomic E-state index is -4.48. The second-order valence-corrected chi connectivity index (χ2v) is 7.96. The normalized spacial score (nSPS) is 14.2. The van der Waals surface area contributed by atoms with Gasteiger partial charge in [-0.25, -0.2) is 14.6 Å². The van der Waals surface area contributed by atoms with Crippen LogP contribution < -0.4 is 14.2 Å². The molecule has 11 heteroatoms. The van der Waals surface area contributed by atoms with Crippen molar-refractivity contribution in [2.75, 3.05) is 13.1 Å². The SMILES string of the molecule is O=C(O)c1cccc(OC2CCN(C(=O)Oc3ccc(Oc4ccc(C(F)(F)F)cn4)cc3)CC2)c1. The maximum absolute atomic E-state index is 12.6. The van der Waals surface area contributed by atoms with Crippen LogP contribution in [-0.4, -0.2) is 46.2 Å². The molecule has 0 spiro atoms. The number of carboxylic acids is 1. The van der Waals surface area contributed by atoms with Crippen molar-refractivity contribution in [3.63, 3.8) is 0 Å². The van der Waals surface area contributed by atoms with Crippen LogP contribution in [0.1, 0.15) is 28.8 Å². The van der Waals surface area contributed by atoms with Crippen molar-refractivity contribution in [2.45, 2.75) is 25.1 Å². The van der Waals surface area contributed by atoms with Gasteiger partial charge in [-0.2, -0.15) is 13.2 Å². The van der Waals surface area contributed by atoms with E-state index < -0.39 is 23.8 Å². The van der Waals surface area contributed by atoms with Crippen LogP contribution in [0.4, 0.5) is 18.0 Å². The van der Waals surface area contributed by atoms with Gasteiger partial charge >= 0.3 is 18.2 Å². The fourth-order valence-corrected chi connectivity index (χ4v) is 3.52. The van der Waals surface area contributed by atoms with Gasteiger partial charge in [-0.3, -0.25) is 0 Å². The molecule has 1 saturated heterocycles. The molecule has 1 fully saturated rings. The lowest BCUT2D eigenvalue weighted by Crippen LogP contribution is -2.43. The smallest absolute Gasteiger partial charge is 0.417 e. The summed E-state index contributed by atoms with van der Waals surface area (Å²) >= 11 is 0. The van der Waals surface area contributed by atoms with Crippen LogP contribution >= 0.6 is 0 Å². The second-order valence-electron chi connectivity index (χ2n) is 7.96. The maximum Gasteiger partial charge on any atom is 0.417 e. The lowest BCUT2D eigenvalue weighted by atomic mass is 10.1. The largest absolute Gasteiger partial charge is 0.490 e. The third-order valence-corrected chi connectivity index (χ3v) is 5.40. The second kappa shape index (κ2) is 10.5. The first-order valence-electron chi connectivity index (χ1n) is 11.0. The van der Waals surface area contributed by atoms with Gasteiger partial charge in [0.05, 0.1) is 11.1 Å². The van der Waals surface area contributed by atoms with Gasteiger partial charge in [0.2, 0.25) is 5.88 Å². The zero-order valence-electron chi connectivity index (χ0n) is 18.8. The lowest BCUT2D eigenvalue weighted by molar-refractivity contribution is -0.137. The number of carboxylic acid groups (broad SMARTS) is 1. The average molecular weight is 502 g/mol. The molecule has 4 rings (SSSR count). The van der Waals surface area contributed by atoms with E-state index >= 15 is 0 Å². The summed E-state index contributed by atoms with van der Waals surface area (Å²) in [7, 11) is 0. The molecule has 1 N–H and O–H groups in total. The highest BCUT2D eigenvalue weighted by atomic mass is 19.4. The number of benzene rings is 2. The fourth-order valence-electron chi connectivity index (χ4n) is 3.52. The Morgan fingerprint density at radius 3 is 2.25 bits per heavy atom. The minimum Gasteiger partial charge on any atom is -0.490 e. The van der Waals surface area contributed by atoms with Crippen molar-refractivity contribution < 1.29 is 42.1 Å². The van der Waals surface area contributed by atoms with E-state index in [1.54, 1.807) is 17.0 Å². The monoisotopic (exact) mass is 502 g/mol. The number of pyridine rings is 1. The summed E-state index contributed by atoms with van der Waals surface area (Å²) in [6.07, 6.45) is -3.37. The quantitative estimate of drug-likeness (QED) is 0.466. The van der Waals surface area contributed by atoms with E-state index in [1.165, 1.54) is 36.4 Å². The number of nitrogens with zero attached hydrogens (tertiary/aromatic N) is 2. The zero-order chi connectivity index (χ0) is 25.7. The summed E-state index contributed by atoms with van der Waals surface area (Å²) in [5.74, 6) is 0.00898. The van der Waals surface area contributed by atoms with Gasteiger partial charge < -0.3 is 24.2 Å². The molecule has 0 saturated carbocycles. The molecule has 188 valence electrons. The molecule has 1 aliphatic heterocycles. The Balaban J connectivity index is 1.25. The lowest BCUT2D eigenvalue weighted by Gasteiger charge is -2.31. The molecule has 0 bridgehead atoms. The Hall–Kier alpha value is -4.28. The van der Waals surface area contributed by atoms with Gasteiger partial charge in [0.1, 0.15) is 23.4 Å². The number of piperidine rings is 1. The minimum absolute atomic E-state index is 0.00692. The van der Waals surface area contributed by atoms with E-state index in [0.29, 0.717) is 43.6 Å². The predicted octanol–water partition coefficient (Wildman–Crippen LogP) is 5.63. The van der Waals surface area contributed by atoms with Gasteiger partial charge in [-0.05, 0) is 48.5 Å². The highest BCUT2D eigenvalue weighted by Crippen LogP contribution is 2.30. The number of amides is 1. The van der Waals surface area contributed by atoms with E-state index in [0.717, 1.165) is 12.1 Å². The summed E-state index contributed by atoms with van der Waals surface area (Å²) in [5.41, 5.74) is -0.736. The zero-order valence-corrected chi connectivity index (χ0v) is 18.8. The third kappa shape index (κ3) is 6.44. The van der Waals surface area contributed by atoms with E-state index in [9.17, 15) is 22.8 Å². The summed E-state index contributed by atoms with van der Waals surface area (Å²) in [6.45, 7) is 0.811. The number of carbonyl (C=O) groups excluding carboxylic acids is 1. The Labute approximate surface area is 203 Å². The van der Waals surface area contributed by atoms with Crippen LogP contribution in [0.15, 0.2) is 66.9 Å². The standard InChI is InChI=1S/C25H21F3N2O6/c26-25(27,28)17-4-9-22(29-15-17)35-18-5-7-19(8-6-18)36-24(33)30-12-10-20(11-13-30)34-21-3-1-2-16(14-21)23(31)32/h1-9,14-15,20H,10-13H2,(H,31,32). The number of likely N-dealkylation sites (tertiary alicyclic amines) is 1. The molecular formula is C25H21F3N2O6. The van der Waals surface area contributed by atoms with Crippen molar-refractivity contribution in [3.8, 4) is 23.1 Å². The van der Waals surface area contributed by atoms with Gasteiger partial charge in [-0.1, -0.05) is 6.07 Å². The highest BCUT2D eigenvalue weighted by Gasteiger charge is 2.30. The molecule has 1 aliphatic rings. The predicted molar refractivity (Wildman–Crippen MR) is 120 cm³/mol. The maximum atomic E-state index is 12.6. The number of aromatic carboxylic acids is 1. The van der Waals surface area contributed by atoms with Gasteiger partial charge in [0, 0.05) is 38.2 Å². The molecular weight excluding hydrogens is 481 g/mol. The molecule has 1 amide bonds. The molecule has 0 aliphatic carbocycles. The van der Waals surface area contributed by atoms with E-state index in [4.69, 9.17) is 19.3 Å². The number of halogens is 3. The van der Waals surface area contributed by atoms with Crippen LogP contribution in [-0.2, 0) is 6.18 Å². The number of hydrogen-bond donors (Lipinski definition) is 1. The van der Waals surface area contributed by atoms with Crippen LogP contribution in [0.25, 0.3) is 0 Å². The van der Waals surface area contributed by atoms with Gasteiger partial charge in [0.15, 0.2) is 0 Å². The molecule has 0 atom stereocenters. The Morgan fingerprint density at radius 2 is 1.64 bits per heavy atom. The van der Waals surface area contributed by atoms with Crippen LogP contribution in [0.2, 0.25) is 0 Å². The van der Waals surface area contributed by atoms with Crippen LogP contribution in [0.3, 0.4) is 0 Å². The first-order chi connectivity index (χ1) is 17.2. The average Bonchev–Trinajstić information content (AvgIpc) is 2.85. The summed E-state index contributed by atoms with van der Waals surface area (Å²) in [5, 5.41) is 9.09. The third-order valence-electron chi connectivity index (χ3n) is 5.40. The Morgan fingerprint density at radius 1 is 0.944 bits per heavy atom. The number of rotatable bonds is 6. The molecule has 2 heterocycles. The molecule has 3 aromatic rings. The summed E-state index contributed by atoms with van der Waals surface area (Å²) in [6, 6.07) is 14.3. The first-order valence-corrected chi connectivity index (χ1v) is 11.0. The molecule has 0 unspecified atom stereocenters. The number of alkyl halides is 3. The van der Waals surface area contributed by atoms with Crippen molar-refractivity contribution in [3.05, 3.63) is 78.0 Å². The van der Waals surface area contributed by atoms with Gasteiger partial charge in [-0.15, -0.1) is 0 Å². The molecule has 2 aromatic carbocycles. The van der Waals surface area contributed by atoms with Crippen molar-refractivity contribution >= 4 is 12.1 Å². The number of aromatic nitrogens is 1. The number of hydrogen-bond acceptors (Lipinski definition) is 6. The highest BCUT2D eigenvalue weighted by molar-refractivity contribution is 5.88. The first kappa shape index (κ1) is 24.8. The van der Waals surface area contributed by atoms with Gasteiger partial charge in [0.25, 0.3) is 0 Å².